The smallest absolute Gasteiger partial charge is 0.169 e. The maximum atomic E-state index is 4.30. The fourth-order valence-electron chi connectivity index (χ4n) is 1.33. The lowest BCUT2D eigenvalue weighted by molar-refractivity contribution is 0.727. The molecule has 0 saturated carbocycles. The van der Waals surface area contributed by atoms with Gasteiger partial charge in [0.2, 0.25) is 0 Å². The molecule has 1 aliphatic heterocycles. The Morgan fingerprint density at radius 2 is 2.54 bits per heavy atom. The Bertz CT molecular complexity index is 314. The molecule has 2 rings (SSSR count). The Labute approximate surface area is 76.9 Å². The molecule has 1 aliphatic rings. The van der Waals surface area contributed by atoms with Gasteiger partial charge in [-0.1, -0.05) is 0 Å². The Morgan fingerprint density at radius 3 is 3.15 bits per heavy atom. The standard InChI is InChI=1S/C8H13N5/c1-13-6-11-8(12-13)5-10-7-3-2-4-9-7/h6H,2-5H2,1H3,(H,9,10). The lowest BCUT2D eigenvalue weighted by atomic mass is 10.3. The van der Waals surface area contributed by atoms with E-state index >= 15 is 0 Å². The summed E-state index contributed by atoms with van der Waals surface area (Å²) in [6.45, 7) is 1.64. The second-order valence-electron chi connectivity index (χ2n) is 3.12. The second-order valence-corrected chi connectivity index (χ2v) is 3.12. The molecule has 0 aromatic carbocycles. The van der Waals surface area contributed by atoms with Crippen LogP contribution in [-0.2, 0) is 13.6 Å². The molecule has 1 N–H and O–H groups in total. The van der Waals surface area contributed by atoms with Crippen LogP contribution in [0.15, 0.2) is 11.3 Å². The van der Waals surface area contributed by atoms with Crippen LogP contribution in [0.3, 0.4) is 0 Å². The molecule has 13 heavy (non-hydrogen) atoms. The van der Waals surface area contributed by atoms with Crippen LogP contribution in [-0.4, -0.2) is 27.1 Å². The number of aliphatic imine (C=N–C) groups is 1. The molecule has 5 nitrogen and oxygen atoms in total. The Balaban J connectivity index is 1.85. The molecule has 0 bridgehead atoms. The zero-order chi connectivity index (χ0) is 9.10. The number of amidine groups is 1. The molecule has 0 spiro atoms. The second kappa shape index (κ2) is 3.55. The third kappa shape index (κ3) is 2.05. The van der Waals surface area contributed by atoms with Crippen molar-refractivity contribution in [3.63, 3.8) is 0 Å². The van der Waals surface area contributed by atoms with Crippen LogP contribution in [0, 0.1) is 0 Å². The van der Waals surface area contributed by atoms with Gasteiger partial charge in [0.05, 0.1) is 12.4 Å². The molecule has 0 radical (unpaired) electrons. The van der Waals surface area contributed by atoms with E-state index in [0.29, 0.717) is 6.54 Å². The number of aromatic nitrogens is 3. The first-order chi connectivity index (χ1) is 6.34. The molecule has 0 unspecified atom stereocenters. The summed E-state index contributed by atoms with van der Waals surface area (Å²) in [5, 5.41) is 7.38. The summed E-state index contributed by atoms with van der Waals surface area (Å²) in [4.78, 5) is 8.41. The van der Waals surface area contributed by atoms with Gasteiger partial charge in [-0.05, 0) is 6.42 Å². The first-order valence-corrected chi connectivity index (χ1v) is 4.46. The quantitative estimate of drug-likeness (QED) is 0.700. The highest BCUT2D eigenvalue weighted by Gasteiger charge is 2.06. The van der Waals surface area contributed by atoms with E-state index in [1.54, 1.807) is 11.0 Å². The van der Waals surface area contributed by atoms with Gasteiger partial charge in [-0.15, -0.1) is 0 Å². The zero-order valence-electron chi connectivity index (χ0n) is 7.69. The highest BCUT2D eigenvalue weighted by atomic mass is 15.3. The Hall–Kier alpha value is -1.39. The molecule has 2 heterocycles. The van der Waals surface area contributed by atoms with Gasteiger partial charge < -0.3 is 5.32 Å². The van der Waals surface area contributed by atoms with Crippen LogP contribution in [0.5, 0.6) is 0 Å². The van der Waals surface area contributed by atoms with Crippen molar-refractivity contribution in [2.45, 2.75) is 19.4 Å². The van der Waals surface area contributed by atoms with Crippen molar-refractivity contribution in [1.29, 1.82) is 0 Å². The number of nitrogens with zero attached hydrogens (tertiary/aromatic N) is 4. The molecule has 1 aromatic heterocycles. The maximum Gasteiger partial charge on any atom is 0.169 e. The fourth-order valence-corrected chi connectivity index (χ4v) is 1.33. The van der Waals surface area contributed by atoms with Gasteiger partial charge in [0.15, 0.2) is 5.82 Å². The molecule has 0 aliphatic carbocycles. The van der Waals surface area contributed by atoms with Crippen LogP contribution < -0.4 is 5.32 Å². The van der Waals surface area contributed by atoms with Crippen molar-refractivity contribution >= 4 is 5.84 Å². The van der Waals surface area contributed by atoms with Gasteiger partial charge in [-0.25, -0.2) is 4.98 Å². The summed E-state index contributed by atoms with van der Waals surface area (Å²) < 4.78 is 1.70. The topological polar surface area (TPSA) is 55.1 Å². The summed E-state index contributed by atoms with van der Waals surface area (Å²) in [7, 11) is 1.86. The van der Waals surface area contributed by atoms with Gasteiger partial charge >= 0.3 is 0 Å². The SMILES string of the molecule is Cn1cnc(CNC2=NCCC2)n1. The van der Waals surface area contributed by atoms with Crippen molar-refractivity contribution in [2.75, 3.05) is 6.54 Å². The molecule has 70 valence electrons. The first kappa shape index (κ1) is 8.22. The molecule has 0 fully saturated rings. The molecule has 1 aromatic rings. The molecule has 0 saturated heterocycles. The van der Waals surface area contributed by atoms with E-state index in [9.17, 15) is 0 Å². The van der Waals surface area contributed by atoms with Crippen LogP contribution >= 0.6 is 0 Å². The van der Waals surface area contributed by atoms with Crippen molar-refractivity contribution in [3.8, 4) is 0 Å². The summed E-state index contributed by atoms with van der Waals surface area (Å²) in [6.07, 6.45) is 3.93. The van der Waals surface area contributed by atoms with E-state index in [4.69, 9.17) is 0 Å². The summed E-state index contributed by atoms with van der Waals surface area (Å²) >= 11 is 0. The summed E-state index contributed by atoms with van der Waals surface area (Å²) in [6, 6.07) is 0. The minimum Gasteiger partial charge on any atom is -0.366 e. The molecule has 0 amide bonds. The summed E-state index contributed by atoms with van der Waals surface area (Å²) in [5.41, 5.74) is 0. The van der Waals surface area contributed by atoms with Crippen molar-refractivity contribution in [2.24, 2.45) is 12.0 Å². The van der Waals surface area contributed by atoms with Crippen LogP contribution in [0.2, 0.25) is 0 Å². The van der Waals surface area contributed by atoms with E-state index in [0.717, 1.165) is 31.0 Å². The third-order valence-electron chi connectivity index (χ3n) is 1.97. The molecular weight excluding hydrogens is 166 g/mol. The Kier molecular flexibility index (Phi) is 2.25. The lowest BCUT2D eigenvalue weighted by Gasteiger charge is -2.00. The number of nitrogens with one attached hydrogen (secondary N) is 1. The minimum atomic E-state index is 0.680. The van der Waals surface area contributed by atoms with E-state index in [-0.39, 0.29) is 0 Å². The number of aryl methyl sites for hydroxylation is 1. The van der Waals surface area contributed by atoms with Gasteiger partial charge in [0.25, 0.3) is 0 Å². The van der Waals surface area contributed by atoms with Crippen molar-refractivity contribution in [3.05, 3.63) is 12.2 Å². The predicted octanol–water partition coefficient (Wildman–Crippen LogP) is 0.0970. The van der Waals surface area contributed by atoms with Gasteiger partial charge in [-0.3, -0.25) is 9.67 Å². The lowest BCUT2D eigenvalue weighted by Crippen LogP contribution is -2.21. The van der Waals surface area contributed by atoms with Gasteiger partial charge in [0, 0.05) is 20.0 Å². The number of rotatable bonds is 2. The largest absolute Gasteiger partial charge is 0.366 e. The zero-order valence-corrected chi connectivity index (χ0v) is 7.69. The normalized spacial score (nSPS) is 15.9. The molecule has 5 heteroatoms. The van der Waals surface area contributed by atoms with Crippen LogP contribution in [0.25, 0.3) is 0 Å². The van der Waals surface area contributed by atoms with E-state index in [2.05, 4.69) is 20.4 Å². The van der Waals surface area contributed by atoms with Crippen molar-refractivity contribution < 1.29 is 0 Å². The van der Waals surface area contributed by atoms with E-state index in [1.807, 2.05) is 7.05 Å². The predicted molar refractivity (Wildman–Crippen MR) is 49.4 cm³/mol. The van der Waals surface area contributed by atoms with Crippen LogP contribution in [0.1, 0.15) is 18.7 Å². The average molecular weight is 179 g/mol. The monoisotopic (exact) mass is 179 g/mol. The molecular formula is C8H13N5. The van der Waals surface area contributed by atoms with E-state index in [1.165, 1.54) is 0 Å². The third-order valence-corrected chi connectivity index (χ3v) is 1.97. The Morgan fingerprint density at radius 1 is 1.62 bits per heavy atom. The summed E-state index contributed by atoms with van der Waals surface area (Å²) in [5.74, 6) is 1.91. The first-order valence-electron chi connectivity index (χ1n) is 4.46. The van der Waals surface area contributed by atoms with Crippen molar-refractivity contribution in [1.82, 2.24) is 20.1 Å². The number of hydrogen-bond donors (Lipinski definition) is 1. The van der Waals surface area contributed by atoms with Gasteiger partial charge in [-0.2, -0.15) is 5.10 Å². The average Bonchev–Trinajstić information content (AvgIpc) is 2.71. The fraction of sp³-hybridized carbons (Fsp3) is 0.625. The van der Waals surface area contributed by atoms with Gasteiger partial charge in [0.1, 0.15) is 6.33 Å². The highest BCUT2D eigenvalue weighted by molar-refractivity contribution is 5.83. The minimum absolute atomic E-state index is 0.680. The maximum absolute atomic E-state index is 4.30. The van der Waals surface area contributed by atoms with Crippen LogP contribution in [0.4, 0.5) is 0 Å². The highest BCUT2D eigenvalue weighted by Crippen LogP contribution is 2.01. The number of hydrogen-bond acceptors (Lipinski definition) is 4. The molecule has 0 atom stereocenters. The van der Waals surface area contributed by atoms with E-state index < -0.39 is 0 Å².